The van der Waals surface area contributed by atoms with E-state index in [2.05, 4.69) is 67.5 Å². The van der Waals surface area contributed by atoms with Gasteiger partial charge in [-0.2, -0.15) is 0 Å². The van der Waals surface area contributed by atoms with Crippen LogP contribution < -0.4 is 5.32 Å². The predicted molar refractivity (Wildman–Crippen MR) is 108 cm³/mol. The van der Waals surface area contributed by atoms with E-state index in [1.165, 1.54) is 39.6 Å². The lowest BCUT2D eigenvalue weighted by molar-refractivity contribution is 0.341. The normalized spacial score (nSPS) is 21.0. The molecule has 24 heavy (non-hydrogen) atoms. The first kappa shape index (κ1) is 17.1. The zero-order valence-electron chi connectivity index (χ0n) is 13.4. The molecule has 1 fully saturated rings. The van der Waals surface area contributed by atoms with E-state index in [4.69, 9.17) is 11.6 Å². The average Bonchev–Trinajstić information content (AvgIpc) is 2.76. The Morgan fingerprint density at radius 1 is 0.958 bits per heavy atom. The van der Waals surface area contributed by atoms with Crippen LogP contribution in [0.4, 0.5) is 0 Å². The number of fused-ring (bicyclic) bond motifs is 2. The van der Waals surface area contributed by atoms with E-state index in [1.54, 1.807) is 0 Å². The summed E-state index contributed by atoms with van der Waals surface area (Å²) in [6, 6.07) is 11.2. The predicted octanol–water partition coefficient (Wildman–Crippen LogP) is 6.10. The van der Waals surface area contributed by atoms with Crippen molar-refractivity contribution in [2.45, 2.75) is 31.6 Å². The maximum atomic E-state index is 6.40. The largest absolute Gasteiger partial charge is 0.317 e. The van der Waals surface area contributed by atoms with Crippen LogP contribution in [0.25, 0.3) is 0 Å². The first-order valence-corrected chi connectivity index (χ1v) is 10.6. The van der Waals surface area contributed by atoms with Gasteiger partial charge in [-0.05, 0) is 101 Å². The Morgan fingerprint density at radius 3 is 2.50 bits per heavy atom. The molecule has 1 heterocycles. The Balaban J connectivity index is 1.90. The summed E-state index contributed by atoms with van der Waals surface area (Å²) in [5, 5.41) is 4.33. The number of hydrogen-bond acceptors (Lipinski definition) is 1. The Labute approximate surface area is 165 Å². The molecule has 2 aromatic rings. The number of aryl methyl sites for hydroxylation is 1. The Kier molecular flexibility index (Phi) is 5.06. The molecule has 2 aromatic carbocycles. The SMILES string of the molecule is Clc1ccc2c(c1Br)CCc1cc(Br)ccc1C2C1CCNCC1. The van der Waals surface area contributed by atoms with Crippen molar-refractivity contribution in [3.05, 3.63) is 66.6 Å². The molecular formula is C20H20Br2ClN. The van der Waals surface area contributed by atoms with E-state index < -0.39 is 0 Å². The van der Waals surface area contributed by atoms with Crippen LogP contribution in [0, 0.1) is 5.92 Å². The van der Waals surface area contributed by atoms with Crippen molar-refractivity contribution in [3.8, 4) is 0 Å². The van der Waals surface area contributed by atoms with E-state index in [9.17, 15) is 0 Å². The Morgan fingerprint density at radius 2 is 1.71 bits per heavy atom. The fraction of sp³-hybridized carbons (Fsp3) is 0.400. The molecule has 1 aliphatic heterocycles. The molecule has 1 saturated heterocycles. The minimum absolute atomic E-state index is 0.473. The molecule has 0 aromatic heterocycles. The van der Waals surface area contributed by atoms with Gasteiger partial charge in [-0.25, -0.2) is 0 Å². The molecule has 0 amide bonds. The molecule has 0 radical (unpaired) electrons. The number of halogens is 3. The summed E-state index contributed by atoms with van der Waals surface area (Å²) in [5.74, 6) is 1.16. The minimum atomic E-state index is 0.473. The topological polar surface area (TPSA) is 12.0 Å². The highest BCUT2D eigenvalue weighted by Gasteiger charge is 2.32. The summed E-state index contributed by atoms with van der Waals surface area (Å²) >= 11 is 13.8. The Hall–Kier alpha value is -0.350. The van der Waals surface area contributed by atoms with Crippen LogP contribution in [0.3, 0.4) is 0 Å². The zero-order chi connectivity index (χ0) is 16.7. The second kappa shape index (κ2) is 7.11. The lowest BCUT2D eigenvalue weighted by atomic mass is 9.75. The summed E-state index contributed by atoms with van der Waals surface area (Å²) in [6.07, 6.45) is 4.59. The van der Waals surface area contributed by atoms with Crippen LogP contribution >= 0.6 is 43.5 Å². The summed E-state index contributed by atoms with van der Waals surface area (Å²) in [4.78, 5) is 0. The molecule has 1 atom stereocenters. The molecule has 4 rings (SSSR count). The van der Waals surface area contributed by atoms with Gasteiger partial charge >= 0.3 is 0 Å². The molecule has 0 bridgehead atoms. The number of hydrogen-bond donors (Lipinski definition) is 1. The number of rotatable bonds is 1. The van der Waals surface area contributed by atoms with Crippen LogP contribution in [0.2, 0.25) is 5.02 Å². The monoisotopic (exact) mass is 467 g/mol. The second-order valence-corrected chi connectivity index (χ2v) is 8.95. The maximum Gasteiger partial charge on any atom is 0.0551 e. The van der Waals surface area contributed by atoms with Gasteiger partial charge in [0.15, 0.2) is 0 Å². The number of nitrogens with one attached hydrogen (secondary N) is 1. The highest BCUT2D eigenvalue weighted by Crippen LogP contribution is 2.45. The Bertz CT molecular complexity index is 768. The maximum absolute atomic E-state index is 6.40. The molecule has 1 nitrogen and oxygen atoms in total. The zero-order valence-corrected chi connectivity index (χ0v) is 17.3. The van der Waals surface area contributed by atoms with Crippen LogP contribution in [0.5, 0.6) is 0 Å². The van der Waals surface area contributed by atoms with Gasteiger partial charge in [-0.1, -0.05) is 39.7 Å². The lowest BCUT2D eigenvalue weighted by Crippen LogP contribution is -2.31. The molecule has 1 unspecified atom stereocenters. The van der Waals surface area contributed by atoms with E-state index in [1.807, 2.05) is 0 Å². The number of benzene rings is 2. The van der Waals surface area contributed by atoms with Gasteiger partial charge in [0.05, 0.1) is 5.02 Å². The van der Waals surface area contributed by atoms with Gasteiger partial charge in [0.25, 0.3) is 0 Å². The summed E-state index contributed by atoms with van der Waals surface area (Å²) in [7, 11) is 0. The standard InChI is InChI=1S/C20H20Br2ClN/c21-14-2-4-15-13(11-14)1-3-17-16(5-6-18(23)20(17)22)19(15)12-7-9-24-10-8-12/h2,4-6,11-12,19,24H,1,3,7-10H2. The molecule has 126 valence electrons. The number of piperidine rings is 1. The van der Waals surface area contributed by atoms with Gasteiger partial charge in [-0.3, -0.25) is 0 Å². The summed E-state index contributed by atoms with van der Waals surface area (Å²) in [6.45, 7) is 2.24. The van der Waals surface area contributed by atoms with Crippen molar-refractivity contribution in [2.24, 2.45) is 5.92 Å². The minimum Gasteiger partial charge on any atom is -0.317 e. The van der Waals surface area contributed by atoms with Crippen LogP contribution in [0.15, 0.2) is 39.3 Å². The van der Waals surface area contributed by atoms with Crippen molar-refractivity contribution in [2.75, 3.05) is 13.1 Å². The van der Waals surface area contributed by atoms with Crippen LogP contribution in [-0.4, -0.2) is 13.1 Å². The van der Waals surface area contributed by atoms with Crippen molar-refractivity contribution < 1.29 is 0 Å². The van der Waals surface area contributed by atoms with Crippen molar-refractivity contribution in [3.63, 3.8) is 0 Å². The molecule has 4 heteroatoms. The van der Waals surface area contributed by atoms with Crippen molar-refractivity contribution in [1.82, 2.24) is 5.32 Å². The van der Waals surface area contributed by atoms with Crippen LogP contribution in [-0.2, 0) is 12.8 Å². The summed E-state index contributed by atoms with van der Waals surface area (Å²) in [5.41, 5.74) is 5.86. The quantitative estimate of drug-likeness (QED) is 0.533. The highest BCUT2D eigenvalue weighted by atomic mass is 79.9. The molecule has 0 saturated carbocycles. The van der Waals surface area contributed by atoms with Gasteiger partial charge in [0.1, 0.15) is 0 Å². The smallest absolute Gasteiger partial charge is 0.0551 e. The molecular weight excluding hydrogens is 449 g/mol. The third-order valence-electron chi connectivity index (χ3n) is 5.51. The first-order chi connectivity index (χ1) is 11.6. The highest BCUT2D eigenvalue weighted by molar-refractivity contribution is 9.10. The third kappa shape index (κ3) is 3.09. The second-order valence-electron chi connectivity index (χ2n) is 6.84. The fourth-order valence-electron chi connectivity index (χ4n) is 4.36. The van der Waals surface area contributed by atoms with Crippen molar-refractivity contribution in [1.29, 1.82) is 0 Å². The van der Waals surface area contributed by atoms with Gasteiger partial charge in [0.2, 0.25) is 0 Å². The lowest BCUT2D eigenvalue weighted by Gasteiger charge is -2.33. The van der Waals surface area contributed by atoms with Crippen LogP contribution in [0.1, 0.15) is 41.0 Å². The average molecular weight is 470 g/mol. The first-order valence-electron chi connectivity index (χ1n) is 8.61. The van der Waals surface area contributed by atoms with Gasteiger partial charge in [0, 0.05) is 14.9 Å². The third-order valence-corrected chi connectivity index (χ3v) is 7.45. The molecule has 0 spiro atoms. The fourth-order valence-corrected chi connectivity index (χ4v) is 5.50. The van der Waals surface area contributed by atoms with E-state index >= 15 is 0 Å². The molecule has 1 N–H and O–H groups in total. The van der Waals surface area contributed by atoms with Crippen molar-refractivity contribution >= 4 is 43.5 Å². The molecule has 2 aliphatic rings. The van der Waals surface area contributed by atoms with E-state index in [0.29, 0.717) is 11.8 Å². The van der Waals surface area contributed by atoms with Gasteiger partial charge < -0.3 is 5.32 Å². The van der Waals surface area contributed by atoms with E-state index in [0.717, 1.165) is 35.4 Å². The van der Waals surface area contributed by atoms with E-state index in [-0.39, 0.29) is 0 Å². The molecule has 1 aliphatic carbocycles. The summed E-state index contributed by atoms with van der Waals surface area (Å²) < 4.78 is 2.26. The van der Waals surface area contributed by atoms with Gasteiger partial charge in [-0.15, -0.1) is 0 Å².